The summed E-state index contributed by atoms with van der Waals surface area (Å²) in [5.41, 5.74) is 12.7. The second kappa shape index (κ2) is 5.14. The molecule has 0 saturated heterocycles. The summed E-state index contributed by atoms with van der Waals surface area (Å²) >= 11 is 0. The number of aliphatic hydroxyl groups is 1. The molecule has 14 heavy (non-hydrogen) atoms. The van der Waals surface area contributed by atoms with Crippen molar-refractivity contribution in [2.75, 3.05) is 17.6 Å². The Balaban J connectivity index is 2.62. The Labute approximate surface area is 83.2 Å². The van der Waals surface area contributed by atoms with Crippen LogP contribution in [0.3, 0.4) is 0 Å². The third-order valence-electron chi connectivity index (χ3n) is 1.84. The topological polar surface area (TPSA) is 84.3 Å². The normalized spacial score (nSPS) is 12.9. The first kappa shape index (κ1) is 10.4. The number of nitrogen functional groups attached to an aromatic ring is 1. The lowest BCUT2D eigenvalue weighted by atomic mass is 10.2. The minimum atomic E-state index is -0.0661. The highest BCUT2D eigenvalue weighted by molar-refractivity contribution is 5.52. The maximum Gasteiger partial charge on any atom is 0.0772 e. The Kier molecular flexibility index (Phi) is 3.82. The number of benzene rings is 1. The van der Waals surface area contributed by atoms with Crippen molar-refractivity contribution in [2.45, 2.75) is 6.04 Å². The number of anilines is 2. The molecule has 0 saturated carbocycles. The van der Waals surface area contributed by atoms with Crippen LogP contribution in [0, 0.1) is 0 Å². The average molecular weight is 193 g/mol. The zero-order valence-corrected chi connectivity index (χ0v) is 7.85. The van der Waals surface area contributed by atoms with E-state index in [1.807, 2.05) is 12.1 Å². The molecule has 0 spiro atoms. The molecular formula is C10H15N3O. The molecule has 4 heteroatoms. The largest absolute Gasteiger partial charge is 0.516 e. The molecule has 1 rings (SSSR count). The zero-order chi connectivity index (χ0) is 10.4. The van der Waals surface area contributed by atoms with Crippen molar-refractivity contribution in [1.82, 2.24) is 0 Å². The van der Waals surface area contributed by atoms with Crippen LogP contribution in [-0.2, 0) is 0 Å². The van der Waals surface area contributed by atoms with E-state index >= 15 is 0 Å². The summed E-state index contributed by atoms with van der Waals surface area (Å²) in [7, 11) is 0. The van der Waals surface area contributed by atoms with Crippen LogP contribution in [0.4, 0.5) is 11.4 Å². The lowest BCUT2D eigenvalue weighted by Crippen LogP contribution is -2.26. The van der Waals surface area contributed by atoms with Gasteiger partial charge in [0.2, 0.25) is 0 Å². The van der Waals surface area contributed by atoms with Gasteiger partial charge >= 0.3 is 0 Å². The van der Waals surface area contributed by atoms with Gasteiger partial charge in [0.1, 0.15) is 0 Å². The van der Waals surface area contributed by atoms with Gasteiger partial charge in [-0.05, 0) is 30.3 Å². The molecule has 0 amide bonds. The van der Waals surface area contributed by atoms with E-state index in [-0.39, 0.29) is 6.04 Å². The lowest BCUT2D eigenvalue weighted by molar-refractivity contribution is 0.469. The Bertz CT molecular complexity index is 295. The van der Waals surface area contributed by atoms with E-state index in [0.717, 1.165) is 17.6 Å². The third-order valence-corrected chi connectivity index (χ3v) is 1.84. The van der Waals surface area contributed by atoms with Gasteiger partial charge in [0.25, 0.3) is 0 Å². The number of hydrogen-bond donors (Lipinski definition) is 4. The minimum absolute atomic E-state index is 0.0661. The lowest BCUT2D eigenvalue weighted by Gasteiger charge is -2.13. The first-order chi connectivity index (χ1) is 6.76. The van der Waals surface area contributed by atoms with Gasteiger partial charge in [-0.25, -0.2) is 0 Å². The fraction of sp³-hybridized carbons (Fsp3) is 0.200. The Morgan fingerprint density at radius 1 is 1.36 bits per heavy atom. The van der Waals surface area contributed by atoms with Crippen LogP contribution in [0.2, 0.25) is 0 Å². The van der Waals surface area contributed by atoms with Gasteiger partial charge in [-0.15, -0.1) is 0 Å². The molecule has 1 aromatic rings. The van der Waals surface area contributed by atoms with Gasteiger partial charge in [0, 0.05) is 17.9 Å². The smallest absolute Gasteiger partial charge is 0.0772 e. The summed E-state index contributed by atoms with van der Waals surface area (Å²) < 4.78 is 0. The van der Waals surface area contributed by atoms with Crippen LogP contribution >= 0.6 is 0 Å². The summed E-state index contributed by atoms with van der Waals surface area (Å²) in [5, 5.41) is 11.7. The van der Waals surface area contributed by atoms with Crippen molar-refractivity contribution in [1.29, 1.82) is 0 Å². The summed E-state index contributed by atoms with van der Waals surface area (Å²) in [6, 6.07) is 7.27. The van der Waals surface area contributed by atoms with Gasteiger partial charge in [-0.2, -0.15) is 0 Å². The maximum atomic E-state index is 8.59. The van der Waals surface area contributed by atoms with Crippen LogP contribution in [0.1, 0.15) is 0 Å². The highest BCUT2D eigenvalue weighted by atomic mass is 16.2. The summed E-state index contributed by atoms with van der Waals surface area (Å²) in [5.74, 6) is 0. The Morgan fingerprint density at radius 3 is 2.50 bits per heavy atom. The van der Waals surface area contributed by atoms with Crippen molar-refractivity contribution in [3.8, 4) is 0 Å². The molecular weight excluding hydrogens is 178 g/mol. The van der Waals surface area contributed by atoms with Crippen LogP contribution in [0.15, 0.2) is 36.6 Å². The van der Waals surface area contributed by atoms with Crippen molar-refractivity contribution in [3.05, 3.63) is 36.6 Å². The van der Waals surface area contributed by atoms with E-state index in [2.05, 4.69) is 5.32 Å². The van der Waals surface area contributed by atoms with E-state index < -0.39 is 0 Å². The van der Waals surface area contributed by atoms with Gasteiger partial charge in [-0.1, -0.05) is 0 Å². The molecule has 6 N–H and O–H groups in total. The van der Waals surface area contributed by atoms with Gasteiger partial charge < -0.3 is 21.9 Å². The van der Waals surface area contributed by atoms with E-state index in [9.17, 15) is 0 Å². The highest BCUT2D eigenvalue weighted by Gasteiger charge is 2.00. The van der Waals surface area contributed by atoms with Crippen LogP contribution in [-0.4, -0.2) is 17.7 Å². The highest BCUT2D eigenvalue weighted by Crippen LogP contribution is 2.11. The first-order valence-electron chi connectivity index (χ1n) is 4.39. The number of rotatable bonds is 4. The third kappa shape index (κ3) is 2.99. The van der Waals surface area contributed by atoms with Gasteiger partial charge in [0.15, 0.2) is 0 Å². The number of hydrogen-bond acceptors (Lipinski definition) is 4. The van der Waals surface area contributed by atoms with E-state index in [0.29, 0.717) is 6.54 Å². The van der Waals surface area contributed by atoms with Crippen molar-refractivity contribution < 1.29 is 5.11 Å². The predicted octanol–water partition coefficient (Wildman–Crippen LogP) is 1.08. The van der Waals surface area contributed by atoms with Crippen LogP contribution < -0.4 is 16.8 Å². The minimum Gasteiger partial charge on any atom is -0.516 e. The molecule has 0 heterocycles. The van der Waals surface area contributed by atoms with Crippen molar-refractivity contribution in [2.24, 2.45) is 5.73 Å². The quantitative estimate of drug-likeness (QED) is 0.426. The molecule has 0 aliphatic carbocycles. The fourth-order valence-corrected chi connectivity index (χ4v) is 1.08. The number of nitrogens with two attached hydrogens (primary N) is 2. The summed E-state index contributed by atoms with van der Waals surface area (Å²) in [6.07, 6.45) is 2.58. The standard InChI is InChI=1S/C10H15N3O/c11-7-10(5-6-14)13-9-3-1-8(12)2-4-9/h1-6,10,13-14H,7,11-12H2. The molecule has 0 radical (unpaired) electrons. The molecule has 4 nitrogen and oxygen atoms in total. The van der Waals surface area contributed by atoms with Gasteiger partial charge in [0.05, 0.1) is 12.3 Å². The molecule has 1 atom stereocenters. The first-order valence-corrected chi connectivity index (χ1v) is 4.39. The van der Waals surface area contributed by atoms with Gasteiger partial charge in [-0.3, -0.25) is 0 Å². The maximum absolute atomic E-state index is 8.59. The molecule has 0 aromatic heterocycles. The molecule has 0 fully saturated rings. The van der Waals surface area contributed by atoms with Crippen molar-refractivity contribution >= 4 is 11.4 Å². The summed E-state index contributed by atoms with van der Waals surface area (Å²) in [6.45, 7) is 0.418. The number of nitrogens with one attached hydrogen (secondary N) is 1. The molecule has 1 aromatic carbocycles. The molecule has 0 bridgehead atoms. The van der Waals surface area contributed by atoms with E-state index in [1.54, 1.807) is 18.2 Å². The predicted molar refractivity (Wildman–Crippen MR) is 59.1 cm³/mol. The monoisotopic (exact) mass is 193 g/mol. The van der Waals surface area contributed by atoms with Crippen molar-refractivity contribution in [3.63, 3.8) is 0 Å². The Morgan fingerprint density at radius 2 is 2.00 bits per heavy atom. The SMILES string of the molecule is NCC(C=CO)Nc1ccc(N)cc1. The van der Waals surface area contributed by atoms with E-state index in [4.69, 9.17) is 16.6 Å². The zero-order valence-electron chi connectivity index (χ0n) is 7.85. The van der Waals surface area contributed by atoms with Crippen LogP contribution in [0.5, 0.6) is 0 Å². The average Bonchev–Trinajstić information content (AvgIpc) is 2.20. The second-order valence-electron chi connectivity index (χ2n) is 2.95. The fourth-order valence-electron chi connectivity index (χ4n) is 1.08. The molecule has 0 aliphatic heterocycles. The molecule has 76 valence electrons. The van der Waals surface area contributed by atoms with Crippen LogP contribution in [0.25, 0.3) is 0 Å². The molecule has 1 unspecified atom stereocenters. The Hall–Kier alpha value is -1.68. The molecule has 0 aliphatic rings. The number of aliphatic hydroxyl groups excluding tert-OH is 1. The summed E-state index contributed by atoms with van der Waals surface area (Å²) in [4.78, 5) is 0. The second-order valence-corrected chi connectivity index (χ2v) is 2.95. The van der Waals surface area contributed by atoms with E-state index in [1.165, 1.54) is 0 Å².